The quantitative estimate of drug-likeness (QED) is 0.500. The molecule has 0 unspecified atom stereocenters. The summed E-state index contributed by atoms with van der Waals surface area (Å²) in [4.78, 5) is 28.0. The molecule has 0 spiro atoms. The minimum atomic E-state index is -0.170. The number of nitrogens with one attached hydrogen (secondary N) is 3. The summed E-state index contributed by atoms with van der Waals surface area (Å²) < 4.78 is 5.14. The Balaban J connectivity index is 2.45. The molecule has 0 atom stereocenters. The lowest BCUT2D eigenvalue weighted by molar-refractivity contribution is 0.186. The maximum Gasteiger partial charge on any atom is 0.317 e. The standard InChI is InChI=1S/C20H35N5O3/c1-16(2)14-25(20(27)22-11-10-21-3)13-12-23-19(26)24(4)15-17-6-8-18(28-5)9-7-17/h6-9,16,21H,10-15H2,1-5H3,(H,22,27)(H,23,26). The Bertz CT molecular complexity index is 592. The Labute approximate surface area is 168 Å². The average molecular weight is 394 g/mol. The highest BCUT2D eigenvalue weighted by Crippen LogP contribution is 2.12. The van der Waals surface area contributed by atoms with E-state index in [-0.39, 0.29) is 12.1 Å². The maximum atomic E-state index is 12.3. The van der Waals surface area contributed by atoms with E-state index in [1.807, 2.05) is 31.3 Å². The number of carbonyl (C=O) groups is 2. The number of amides is 4. The molecule has 0 aliphatic heterocycles. The van der Waals surface area contributed by atoms with Crippen LogP contribution in [0, 0.1) is 5.92 Å². The molecule has 0 radical (unpaired) electrons. The van der Waals surface area contributed by atoms with Gasteiger partial charge >= 0.3 is 12.1 Å². The SMILES string of the molecule is CNCCNC(=O)N(CCNC(=O)N(C)Cc1ccc(OC)cc1)CC(C)C. The summed E-state index contributed by atoms with van der Waals surface area (Å²) in [5, 5.41) is 8.76. The number of nitrogens with zero attached hydrogens (tertiary/aromatic N) is 2. The molecule has 8 heteroatoms. The Morgan fingerprint density at radius 1 is 1.04 bits per heavy atom. The van der Waals surface area contributed by atoms with Crippen LogP contribution in [0.15, 0.2) is 24.3 Å². The van der Waals surface area contributed by atoms with Gasteiger partial charge in [-0.3, -0.25) is 0 Å². The van der Waals surface area contributed by atoms with Crippen molar-refractivity contribution in [2.75, 3.05) is 53.9 Å². The van der Waals surface area contributed by atoms with E-state index in [0.29, 0.717) is 45.2 Å². The van der Waals surface area contributed by atoms with Crippen molar-refractivity contribution in [3.05, 3.63) is 29.8 Å². The van der Waals surface area contributed by atoms with Crippen LogP contribution >= 0.6 is 0 Å². The van der Waals surface area contributed by atoms with E-state index < -0.39 is 0 Å². The highest BCUT2D eigenvalue weighted by Gasteiger charge is 2.15. The Morgan fingerprint density at radius 2 is 1.68 bits per heavy atom. The van der Waals surface area contributed by atoms with Crippen LogP contribution in [0.2, 0.25) is 0 Å². The molecule has 1 rings (SSSR count). The zero-order chi connectivity index (χ0) is 20.9. The summed E-state index contributed by atoms with van der Waals surface area (Å²) in [7, 11) is 5.21. The van der Waals surface area contributed by atoms with Crippen LogP contribution in [0.4, 0.5) is 9.59 Å². The zero-order valence-electron chi connectivity index (χ0n) is 17.7. The lowest BCUT2D eigenvalue weighted by Gasteiger charge is -2.26. The summed E-state index contributed by atoms with van der Waals surface area (Å²) in [6.45, 7) is 7.42. The fraction of sp³-hybridized carbons (Fsp3) is 0.600. The van der Waals surface area contributed by atoms with E-state index >= 15 is 0 Å². The molecule has 1 aromatic carbocycles. The molecule has 4 amide bonds. The molecule has 0 aliphatic rings. The Morgan fingerprint density at radius 3 is 2.25 bits per heavy atom. The second kappa shape index (κ2) is 12.8. The fourth-order valence-corrected chi connectivity index (χ4v) is 2.63. The van der Waals surface area contributed by atoms with E-state index in [9.17, 15) is 9.59 Å². The van der Waals surface area contributed by atoms with Gasteiger partial charge in [-0.2, -0.15) is 0 Å². The van der Waals surface area contributed by atoms with Gasteiger partial charge in [-0.25, -0.2) is 9.59 Å². The third-order valence-electron chi connectivity index (χ3n) is 4.11. The van der Waals surface area contributed by atoms with Crippen molar-refractivity contribution in [2.24, 2.45) is 5.92 Å². The molecule has 0 aliphatic carbocycles. The van der Waals surface area contributed by atoms with Crippen molar-refractivity contribution in [1.82, 2.24) is 25.8 Å². The molecule has 0 heterocycles. The summed E-state index contributed by atoms with van der Waals surface area (Å²) in [6.07, 6.45) is 0. The zero-order valence-corrected chi connectivity index (χ0v) is 17.7. The van der Waals surface area contributed by atoms with Gasteiger partial charge in [-0.1, -0.05) is 26.0 Å². The molecular formula is C20H35N5O3. The molecule has 3 N–H and O–H groups in total. The van der Waals surface area contributed by atoms with E-state index in [1.165, 1.54) is 0 Å². The van der Waals surface area contributed by atoms with Crippen molar-refractivity contribution in [2.45, 2.75) is 20.4 Å². The first-order valence-corrected chi connectivity index (χ1v) is 9.66. The van der Waals surface area contributed by atoms with Gasteiger partial charge in [0.05, 0.1) is 7.11 Å². The number of likely N-dealkylation sites (N-methyl/N-ethyl adjacent to an activating group) is 1. The highest BCUT2D eigenvalue weighted by atomic mass is 16.5. The molecule has 8 nitrogen and oxygen atoms in total. The fourth-order valence-electron chi connectivity index (χ4n) is 2.63. The van der Waals surface area contributed by atoms with Gasteiger partial charge < -0.3 is 30.5 Å². The molecule has 0 bridgehead atoms. The van der Waals surface area contributed by atoms with E-state index in [1.54, 1.807) is 24.0 Å². The molecule has 1 aromatic rings. The highest BCUT2D eigenvalue weighted by molar-refractivity contribution is 5.75. The van der Waals surface area contributed by atoms with E-state index in [4.69, 9.17) is 4.74 Å². The van der Waals surface area contributed by atoms with Gasteiger partial charge in [0, 0.05) is 46.3 Å². The van der Waals surface area contributed by atoms with Gasteiger partial charge in [0.25, 0.3) is 0 Å². The first-order chi connectivity index (χ1) is 13.4. The third-order valence-corrected chi connectivity index (χ3v) is 4.11. The first-order valence-electron chi connectivity index (χ1n) is 9.66. The van der Waals surface area contributed by atoms with Crippen molar-refractivity contribution < 1.29 is 14.3 Å². The monoisotopic (exact) mass is 393 g/mol. The van der Waals surface area contributed by atoms with E-state index in [0.717, 1.165) is 11.3 Å². The number of rotatable bonds is 11. The van der Waals surface area contributed by atoms with Gasteiger partial charge in [-0.05, 0) is 30.7 Å². The summed E-state index contributed by atoms with van der Waals surface area (Å²) >= 11 is 0. The predicted molar refractivity (Wildman–Crippen MR) is 112 cm³/mol. The molecule has 28 heavy (non-hydrogen) atoms. The number of ether oxygens (including phenoxy) is 1. The number of methoxy groups -OCH3 is 1. The van der Waals surface area contributed by atoms with Gasteiger partial charge in [0.1, 0.15) is 5.75 Å². The summed E-state index contributed by atoms with van der Waals surface area (Å²) in [5.74, 6) is 1.14. The number of urea groups is 2. The molecular weight excluding hydrogens is 358 g/mol. The number of hydrogen-bond acceptors (Lipinski definition) is 4. The molecule has 0 saturated carbocycles. The summed E-state index contributed by atoms with van der Waals surface area (Å²) in [5.41, 5.74) is 1.02. The molecule has 158 valence electrons. The van der Waals surface area contributed by atoms with Crippen LogP contribution in [0.3, 0.4) is 0 Å². The molecule has 0 aromatic heterocycles. The van der Waals surface area contributed by atoms with Crippen molar-refractivity contribution >= 4 is 12.1 Å². The second-order valence-corrected chi connectivity index (χ2v) is 7.11. The largest absolute Gasteiger partial charge is 0.497 e. The van der Waals surface area contributed by atoms with Gasteiger partial charge in [0.2, 0.25) is 0 Å². The smallest absolute Gasteiger partial charge is 0.317 e. The van der Waals surface area contributed by atoms with Gasteiger partial charge in [-0.15, -0.1) is 0 Å². The van der Waals surface area contributed by atoms with Crippen LogP contribution in [0.5, 0.6) is 5.75 Å². The average Bonchev–Trinajstić information content (AvgIpc) is 2.67. The maximum absolute atomic E-state index is 12.3. The number of benzene rings is 1. The topological polar surface area (TPSA) is 85.9 Å². The lowest BCUT2D eigenvalue weighted by Crippen LogP contribution is -2.47. The normalized spacial score (nSPS) is 10.5. The van der Waals surface area contributed by atoms with Crippen molar-refractivity contribution in [1.29, 1.82) is 0 Å². The Kier molecular flexibility index (Phi) is 10.8. The van der Waals surface area contributed by atoms with Crippen LogP contribution in [-0.4, -0.2) is 75.8 Å². The van der Waals surface area contributed by atoms with Crippen LogP contribution in [0.25, 0.3) is 0 Å². The predicted octanol–water partition coefficient (Wildman–Crippen LogP) is 1.72. The number of carbonyl (C=O) groups excluding carboxylic acids is 2. The van der Waals surface area contributed by atoms with E-state index in [2.05, 4.69) is 29.8 Å². The third kappa shape index (κ3) is 8.94. The molecule has 0 fully saturated rings. The van der Waals surface area contributed by atoms with Crippen LogP contribution in [0.1, 0.15) is 19.4 Å². The van der Waals surface area contributed by atoms with Crippen LogP contribution < -0.4 is 20.7 Å². The summed E-state index contributed by atoms with van der Waals surface area (Å²) in [6, 6.07) is 7.33. The first kappa shape index (κ1) is 23.6. The van der Waals surface area contributed by atoms with Crippen molar-refractivity contribution in [3.63, 3.8) is 0 Å². The Hall–Kier alpha value is -2.48. The lowest BCUT2D eigenvalue weighted by atomic mass is 10.2. The van der Waals surface area contributed by atoms with Crippen LogP contribution in [-0.2, 0) is 6.54 Å². The molecule has 0 saturated heterocycles. The number of hydrogen-bond donors (Lipinski definition) is 3. The second-order valence-electron chi connectivity index (χ2n) is 7.11. The van der Waals surface area contributed by atoms with Crippen molar-refractivity contribution in [3.8, 4) is 5.75 Å². The van der Waals surface area contributed by atoms with Gasteiger partial charge in [0.15, 0.2) is 0 Å². The minimum absolute atomic E-state index is 0.107. The minimum Gasteiger partial charge on any atom is -0.497 e.